The average molecular weight is 133 g/mol. The minimum absolute atomic E-state index is 0.250. The molecule has 0 aromatic carbocycles. The van der Waals surface area contributed by atoms with E-state index in [2.05, 4.69) is 26.5 Å². The molecule has 3 heteroatoms. The number of carboxylic acid groups (broad SMARTS) is 1. The average Bonchev–Trinajstić information content (AvgIpc) is 1.19. The van der Waals surface area contributed by atoms with Crippen LogP contribution >= 0.6 is 0 Å². The van der Waals surface area contributed by atoms with E-state index in [9.17, 15) is 0 Å². The SMILES string of the molecule is CC(=O)[O-].CC(C)(C)[NH3+]. The summed E-state index contributed by atoms with van der Waals surface area (Å²) in [4.78, 5) is 8.89. The zero-order chi connectivity index (χ0) is 8.08. The Balaban J connectivity index is 0. The predicted octanol–water partition coefficient (Wildman–Crippen LogP) is -1.22. The highest BCUT2D eigenvalue weighted by atomic mass is 16.4. The van der Waals surface area contributed by atoms with Gasteiger partial charge in [0.25, 0.3) is 0 Å². The Morgan fingerprint density at radius 1 is 1.44 bits per heavy atom. The molecule has 0 saturated carbocycles. The van der Waals surface area contributed by atoms with Gasteiger partial charge in [0.05, 0.1) is 5.54 Å². The number of carboxylic acids is 1. The molecule has 0 atom stereocenters. The summed E-state index contributed by atoms with van der Waals surface area (Å²) in [5, 5.41) is 8.89. The van der Waals surface area contributed by atoms with Crippen molar-refractivity contribution in [2.24, 2.45) is 0 Å². The first kappa shape index (κ1) is 11.3. The van der Waals surface area contributed by atoms with Crippen molar-refractivity contribution in [3.63, 3.8) is 0 Å². The minimum Gasteiger partial charge on any atom is -0.550 e. The first-order valence-electron chi connectivity index (χ1n) is 2.76. The van der Waals surface area contributed by atoms with Crippen LogP contribution in [0.1, 0.15) is 27.7 Å². The second kappa shape index (κ2) is 4.32. The Labute approximate surface area is 55.9 Å². The van der Waals surface area contributed by atoms with Gasteiger partial charge in [0.2, 0.25) is 0 Å². The molecule has 0 amide bonds. The zero-order valence-electron chi connectivity index (χ0n) is 6.52. The van der Waals surface area contributed by atoms with Crippen LogP contribution in [0, 0.1) is 0 Å². The van der Waals surface area contributed by atoms with E-state index in [1.807, 2.05) is 0 Å². The van der Waals surface area contributed by atoms with Crippen LogP contribution in [0.4, 0.5) is 0 Å². The maximum Gasteiger partial charge on any atom is 0.0860 e. The van der Waals surface area contributed by atoms with Gasteiger partial charge < -0.3 is 15.6 Å². The molecule has 0 unspecified atom stereocenters. The maximum absolute atomic E-state index is 8.89. The molecule has 0 spiro atoms. The molecular formula is C6H15NO2. The van der Waals surface area contributed by atoms with Gasteiger partial charge in [-0.2, -0.15) is 0 Å². The Kier molecular flexibility index (Phi) is 5.41. The molecule has 0 heterocycles. The van der Waals surface area contributed by atoms with Gasteiger partial charge in [0.15, 0.2) is 0 Å². The second-order valence-corrected chi connectivity index (χ2v) is 3.05. The van der Waals surface area contributed by atoms with Crippen LogP contribution in [0.25, 0.3) is 0 Å². The third kappa shape index (κ3) is 674. The first-order chi connectivity index (χ1) is 3.73. The van der Waals surface area contributed by atoms with Crippen molar-refractivity contribution in [3.05, 3.63) is 0 Å². The molecule has 0 fully saturated rings. The van der Waals surface area contributed by atoms with Crippen LogP contribution in [0.5, 0.6) is 0 Å². The summed E-state index contributed by atoms with van der Waals surface area (Å²) >= 11 is 0. The van der Waals surface area contributed by atoms with Gasteiger partial charge in [-0.05, 0) is 27.7 Å². The van der Waals surface area contributed by atoms with Crippen molar-refractivity contribution in [3.8, 4) is 0 Å². The summed E-state index contributed by atoms with van der Waals surface area (Å²) in [5.41, 5.74) is 4.02. The van der Waals surface area contributed by atoms with Crippen LogP contribution in [0.15, 0.2) is 0 Å². The molecule has 9 heavy (non-hydrogen) atoms. The van der Waals surface area contributed by atoms with Gasteiger partial charge in [0, 0.05) is 5.97 Å². The van der Waals surface area contributed by atoms with Crippen LogP contribution in [-0.2, 0) is 4.79 Å². The van der Waals surface area contributed by atoms with Crippen LogP contribution in [0.3, 0.4) is 0 Å². The third-order valence-corrected chi connectivity index (χ3v) is 0. The van der Waals surface area contributed by atoms with Crippen molar-refractivity contribution in [1.82, 2.24) is 0 Å². The van der Waals surface area contributed by atoms with Crippen molar-refractivity contribution < 1.29 is 15.6 Å². The minimum atomic E-state index is -1.08. The molecule has 0 aliphatic rings. The van der Waals surface area contributed by atoms with Gasteiger partial charge in [0.1, 0.15) is 0 Å². The number of aliphatic carboxylic acids is 1. The number of rotatable bonds is 0. The van der Waals surface area contributed by atoms with E-state index in [-0.39, 0.29) is 5.54 Å². The Morgan fingerprint density at radius 3 is 1.44 bits per heavy atom. The number of quaternary nitrogens is 1. The third-order valence-electron chi connectivity index (χ3n) is 0. The van der Waals surface area contributed by atoms with Crippen LogP contribution in [-0.4, -0.2) is 11.5 Å². The lowest BCUT2D eigenvalue weighted by molar-refractivity contribution is -0.458. The van der Waals surface area contributed by atoms with E-state index >= 15 is 0 Å². The van der Waals surface area contributed by atoms with E-state index in [1.165, 1.54) is 0 Å². The highest BCUT2D eigenvalue weighted by Crippen LogP contribution is 1.84. The molecule has 3 N–H and O–H groups in total. The number of hydrogen-bond donors (Lipinski definition) is 1. The molecule has 0 aliphatic carbocycles. The highest BCUT2D eigenvalue weighted by Gasteiger charge is 2.00. The summed E-state index contributed by atoms with van der Waals surface area (Å²) < 4.78 is 0. The predicted molar refractivity (Wildman–Crippen MR) is 33.3 cm³/mol. The van der Waals surface area contributed by atoms with E-state index < -0.39 is 5.97 Å². The number of hydrogen-bond acceptors (Lipinski definition) is 2. The normalized spacial score (nSPS) is 9.44. The largest absolute Gasteiger partial charge is 0.550 e. The summed E-state index contributed by atoms with van der Waals surface area (Å²) in [6.45, 7) is 7.20. The van der Waals surface area contributed by atoms with Crippen LogP contribution in [0.2, 0.25) is 0 Å². The monoisotopic (exact) mass is 133 g/mol. The second-order valence-electron chi connectivity index (χ2n) is 3.05. The smallest absolute Gasteiger partial charge is 0.0860 e. The van der Waals surface area contributed by atoms with Crippen molar-refractivity contribution in [2.75, 3.05) is 0 Å². The summed E-state index contributed by atoms with van der Waals surface area (Å²) in [5.74, 6) is -1.08. The first-order valence-corrected chi connectivity index (χ1v) is 2.76. The topological polar surface area (TPSA) is 67.8 Å². The lowest BCUT2D eigenvalue weighted by Crippen LogP contribution is -2.67. The molecular weight excluding hydrogens is 118 g/mol. The standard InChI is InChI=1S/C4H11N.C2H4O2/c1-4(2,3)5;1-2(3)4/h5H2,1-3H3;1H3,(H,3,4). The number of carbonyl (C=O) groups excluding carboxylic acids is 1. The van der Waals surface area contributed by atoms with E-state index in [0.717, 1.165) is 6.92 Å². The molecule has 0 radical (unpaired) electrons. The van der Waals surface area contributed by atoms with E-state index in [4.69, 9.17) is 9.90 Å². The van der Waals surface area contributed by atoms with E-state index in [1.54, 1.807) is 0 Å². The Morgan fingerprint density at radius 2 is 1.44 bits per heavy atom. The van der Waals surface area contributed by atoms with Gasteiger partial charge in [-0.25, -0.2) is 0 Å². The molecule has 56 valence electrons. The van der Waals surface area contributed by atoms with Crippen LogP contribution < -0.4 is 10.8 Å². The molecule has 0 rings (SSSR count). The fourth-order valence-corrected chi connectivity index (χ4v) is 0. The fourth-order valence-electron chi connectivity index (χ4n) is 0. The quantitative estimate of drug-likeness (QED) is 0.450. The molecule has 0 aliphatic heterocycles. The van der Waals surface area contributed by atoms with Gasteiger partial charge in [-0.3, -0.25) is 0 Å². The maximum atomic E-state index is 8.89. The fraction of sp³-hybridized carbons (Fsp3) is 0.833. The highest BCUT2D eigenvalue weighted by molar-refractivity contribution is 5.60. The van der Waals surface area contributed by atoms with Crippen molar-refractivity contribution >= 4 is 5.97 Å². The van der Waals surface area contributed by atoms with Gasteiger partial charge in [-0.15, -0.1) is 0 Å². The number of carbonyl (C=O) groups is 1. The van der Waals surface area contributed by atoms with Crippen molar-refractivity contribution in [1.29, 1.82) is 0 Å². The van der Waals surface area contributed by atoms with Gasteiger partial charge in [-0.1, -0.05) is 0 Å². The van der Waals surface area contributed by atoms with E-state index in [0.29, 0.717) is 0 Å². The van der Waals surface area contributed by atoms with Crippen molar-refractivity contribution in [2.45, 2.75) is 33.2 Å². The summed E-state index contributed by atoms with van der Waals surface area (Å²) in [6.07, 6.45) is 0. The lowest BCUT2D eigenvalue weighted by Gasteiger charge is -2.01. The molecule has 0 aromatic heterocycles. The summed E-state index contributed by atoms with van der Waals surface area (Å²) in [7, 11) is 0. The lowest BCUT2D eigenvalue weighted by atomic mass is 10.1. The Bertz CT molecular complexity index is 73.5. The molecule has 3 nitrogen and oxygen atoms in total. The van der Waals surface area contributed by atoms with Gasteiger partial charge >= 0.3 is 0 Å². The summed E-state index contributed by atoms with van der Waals surface area (Å²) in [6, 6.07) is 0. The molecule has 0 saturated heterocycles. The zero-order valence-corrected chi connectivity index (χ0v) is 6.52. The Hall–Kier alpha value is -0.570. The molecule has 0 bridgehead atoms. The molecule has 0 aromatic rings.